The number of aryl methyl sites for hydroxylation is 1. The maximum absolute atomic E-state index is 13.1. The number of amides is 1. The first kappa shape index (κ1) is 21.0. The molecule has 31 heavy (non-hydrogen) atoms. The summed E-state index contributed by atoms with van der Waals surface area (Å²) in [6.07, 6.45) is 0. The van der Waals surface area contributed by atoms with Gasteiger partial charge in [0.1, 0.15) is 10.8 Å². The van der Waals surface area contributed by atoms with Crippen LogP contribution in [0.15, 0.2) is 71.6 Å². The van der Waals surface area contributed by atoms with Gasteiger partial charge in [0.05, 0.1) is 21.7 Å². The fourth-order valence-electron chi connectivity index (χ4n) is 2.99. The second kappa shape index (κ2) is 8.44. The molecule has 4 aromatic rings. The zero-order chi connectivity index (χ0) is 22.0. The Morgan fingerprint density at radius 3 is 2.55 bits per heavy atom. The Morgan fingerprint density at radius 2 is 1.81 bits per heavy atom. The highest BCUT2D eigenvalue weighted by molar-refractivity contribution is 7.92. The van der Waals surface area contributed by atoms with Gasteiger partial charge in [0, 0.05) is 11.3 Å². The van der Waals surface area contributed by atoms with Crippen LogP contribution in [0.3, 0.4) is 0 Å². The molecule has 0 radical (unpaired) electrons. The summed E-state index contributed by atoms with van der Waals surface area (Å²) in [5.41, 5.74) is 1.99. The molecule has 1 aromatic heterocycles. The predicted molar refractivity (Wildman–Crippen MR) is 119 cm³/mol. The average molecular weight is 456 g/mol. The maximum atomic E-state index is 13.1. The van der Waals surface area contributed by atoms with Crippen molar-refractivity contribution in [2.75, 3.05) is 4.72 Å². The monoisotopic (exact) mass is 455 g/mol. The molecule has 0 aliphatic rings. The number of carbonyl (C=O) groups excluding carboxylic acids is 1. The molecule has 4 rings (SSSR count). The number of thiazole rings is 1. The molecule has 0 aliphatic heterocycles. The normalized spacial score (nSPS) is 11.4. The summed E-state index contributed by atoms with van der Waals surface area (Å²) in [6, 6.07) is 17.0. The minimum atomic E-state index is -3.95. The molecular formula is C22H18FN3O3S2. The van der Waals surface area contributed by atoms with E-state index in [0.717, 1.165) is 27.4 Å². The number of rotatable bonds is 6. The molecule has 158 valence electrons. The lowest BCUT2D eigenvalue weighted by molar-refractivity contribution is 0.0950. The molecular weight excluding hydrogens is 437 g/mol. The van der Waals surface area contributed by atoms with E-state index in [0.29, 0.717) is 5.56 Å². The van der Waals surface area contributed by atoms with Crippen molar-refractivity contribution in [3.63, 3.8) is 0 Å². The van der Waals surface area contributed by atoms with Gasteiger partial charge in [0.2, 0.25) is 0 Å². The number of benzene rings is 3. The minimum absolute atomic E-state index is 0.0624. The highest BCUT2D eigenvalue weighted by atomic mass is 32.2. The van der Waals surface area contributed by atoms with Crippen molar-refractivity contribution in [2.45, 2.75) is 18.4 Å². The lowest BCUT2D eigenvalue weighted by Gasteiger charge is -2.11. The third-order valence-corrected chi connectivity index (χ3v) is 7.01. The Balaban J connectivity index is 1.52. The number of sulfonamides is 1. The Morgan fingerprint density at radius 1 is 1.06 bits per heavy atom. The molecule has 0 unspecified atom stereocenters. The van der Waals surface area contributed by atoms with Gasteiger partial charge in [0.15, 0.2) is 0 Å². The molecule has 0 spiro atoms. The number of para-hydroxylation sites is 1. The average Bonchev–Trinajstić information content (AvgIpc) is 3.17. The molecule has 0 bridgehead atoms. The van der Waals surface area contributed by atoms with Crippen LogP contribution in [-0.4, -0.2) is 19.3 Å². The van der Waals surface area contributed by atoms with E-state index in [1.165, 1.54) is 35.6 Å². The quantitative estimate of drug-likeness (QED) is 0.449. The van der Waals surface area contributed by atoms with Crippen LogP contribution in [0.1, 0.15) is 20.9 Å². The number of nitrogens with one attached hydrogen (secondary N) is 2. The Kier molecular flexibility index (Phi) is 5.71. The minimum Gasteiger partial charge on any atom is -0.346 e. The van der Waals surface area contributed by atoms with Gasteiger partial charge in [-0.25, -0.2) is 17.8 Å². The first-order valence-electron chi connectivity index (χ1n) is 9.33. The molecule has 0 saturated carbocycles. The van der Waals surface area contributed by atoms with Crippen molar-refractivity contribution in [2.24, 2.45) is 0 Å². The van der Waals surface area contributed by atoms with Gasteiger partial charge in [-0.1, -0.05) is 18.2 Å². The molecule has 0 aliphatic carbocycles. The summed E-state index contributed by atoms with van der Waals surface area (Å²) in [4.78, 5) is 17.2. The summed E-state index contributed by atoms with van der Waals surface area (Å²) in [7, 11) is -3.95. The molecule has 0 atom stereocenters. The van der Waals surface area contributed by atoms with Crippen molar-refractivity contribution in [1.82, 2.24) is 10.3 Å². The third-order valence-electron chi connectivity index (χ3n) is 4.60. The third kappa shape index (κ3) is 4.73. The van der Waals surface area contributed by atoms with E-state index in [4.69, 9.17) is 0 Å². The second-order valence-corrected chi connectivity index (χ2v) is 9.64. The van der Waals surface area contributed by atoms with Gasteiger partial charge in [-0.3, -0.25) is 9.52 Å². The van der Waals surface area contributed by atoms with E-state index >= 15 is 0 Å². The fraction of sp³-hybridized carbons (Fsp3) is 0.0909. The molecule has 9 heteroatoms. The summed E-state index contributed by atoms with van der Waals surface area (Å²) in [5, 5.41) is 3.56. The Hall–Kier alpha value is -3.30. The van der Waals surface area contributed by atoms with E-state index in [1.807, 2.05) is 24.3 Å². The van der Waals surface area contributed by atoms with Gasteiger partial charge >= 0.3 is 0 Å². The number of hydrogen-bond donors (Lipinski definition) is 2. The number of nitrogens with zero attached hydrogens (tertiary/aromatic N) is 1. The van der Waals surface area contributed by atoms with Gasteiger partial charge in [0.25, 0.3) is 15.9 Å². The molecule has 1 amide bonds. The van der Waals surface area contributed by atoms with Gasteiger partial charge < -0.3 is 5.32 Å². The van der Waals surface area contributed by atoms with Crippen LogP contribution in [0.25, 0.3) is 10.2 Å². The zero-order valence-electron chi connectivity index (χ0n) is 16.4. The van der Waals surface area contributed by atoms with Gasteiger partial charge in [-0.05, 0) is 61.0 Å². The largest absolute Gasteiger partial charge is 0.346 e. The lowest BCUT2D eigenvalue weighted by Crippen LogP contribution is -2.24. The molecule has 1 heterocycles. The van der Waals surface area contributed by atoms with Crippen LogP contribution >= 0.6 is 11.3 Å². The van der Waals surface area contributed by atoms with E-state index in [9.17, 15) is 17.6 Å². The molecule has 6 nitrogen and oxygen atoms in total. The number of carbonyl (C=O) groups is 1. The van der Waals surface area contributed by atoms with Crippen LogP contribution < -0.4 is 10.0 Å². The summed E-state index contributed by atoms with van der Waals surface area (Å²) in [5.74, 6) is -0.860. The number of aromatic nitrogens is 1. The van der Waals surface area contributed by atoms with E-state index < -0.39 is 21.7 Å². The van der Waals surface area contributed by atoms with Crippen molar-refractivity contribution in [3.8, 4) is 0 Å². The second-order valence-electron chi connectivity index (χ2n) is 6.85. The Bertz CT molecular complexity index is 1330. The summed E-state index contributed by atoms with van der Waals surface area (Å²) in [6.45, 7) is 1.97. The SMILES string of the molecule is Cc1ccc(S(=O)(=O)Nc2ccc(F)cc2)cc1C(=O)NCc1nc2ccccc2s1. The van der Waals surface area contributed by atoms with Crippen LogP contribution in [0.4, 0.5) is 10.1 Å². The number of anilines is 1. The van der Waals surface area contributed by atoms with E-state index in [1.54, 1.807) is 13.0 Å². The first-order valence-corrected chi connectivity index (χ1v) is 11.6. The highest BCUT2D eigenvalue weighted by Crippen LogP contribution is 2.22. The highest BCUT2D eigenvalue weighted by Gasteiger charge is 2.18. The smallest absolute Gasteiger partial charge is 0.261 e. The molecule has 3 aromatic carbocycles. The van der Waals surface area contributed by atoms with E-state index in [-0.39, 0.29) is 22.7 Å². The maximum Gasteiger partial charge on any atom is 0.261 e. The summed E-state index contributed by atoms with van der Waals surface area (Å²) >= 11 is 1.49. The number of hydrogen-bond acceptors (Lipinski definition) is 5. The number of halogens is 1. The molecule has 0 fully saturated rings. The zero-order valence-corrected chi connectivity index (χ0v) is 18.1. The lowest BCUT2D eigenvalue weighted by atomic mass is 10.1. The van der Waals surface area contributed by atoms with Crippen molar-refractivity contribution in [3.05, 3.63) is 88.7 Å². The van der Waals surface area contributed by atoms with Gasteiger partial charge in [-0.15, -0.1) is 11.3 Å². The van der Waals surface area contributed by atoms with E-state index in [2.05, 4.69) is 15.0 Å². The Labute approximate surface area is 182 Å². The standard InChI is InChI=1S/C22H18FN3O3S2/c1-14-6-11-17(31(28,29)26-16-9-7-15(23)8-10-16)12-18(14)22(27)24-13-21-25-19-4-2-3-5-20(19)30-21/h2-12,26H,13H2,1H3,(H,24,27). The first-order chi connectivity index (χ1) is 14.8. The van der Waals surface area contributed by atoms with Crippen LogP contribution in [0, 0.1) is 12.7 Å². The van der Waals surface area contributed by atoms with Crippen LogP contribution in [-0.2, 0) is 16.6 Å². The molecule has 2 N–H and O–H groups in total. The van der Waals surface area contributed by atoms with Crippen LogP contribution in [0.2, 0.25) is 0 Å². The van der Waals surface area contributed by atoms with Crippen LogP contribution in [0.5, 0.6) is 0 Å². The van der Waals surface area contributed by atoms with Crippen molar-refractivity contribution >= 4 is 43.2 Å². The van der Waals surface area contributed by atoms with Crippen molar-refractivity contribution < 1.29 is 17.6 Å². The molecule has 0 saturated heterocycles. The number of fused-ring (bicyclic) bond motifs is 1. The van der Waals surface area contributed by atoms with Gasteiger partial charge in [-0.2, -0.15) is 0 Å². The fourth-order valence-corrected chi connectivity index (χ4v) is 4.98. The topological polar surface area (TPSA) is 88.2 Å². The predicted octanol–water partition coefficient (Wildman–Crippen LogP) is 4.47. The van der Waals surface area contributed by atoms with Crippen molar-refractivity contribution in [1.29, 1.82) is 0 Å². The summed E-state index contributed by atoms with van der Waals surface area (Å²) < 4.78 is 41.9.